The number of carbonyl (C=O) groups is 1. The second-order valence-electron chi connectivity index (χ2n) is 2.95. The van der Waals surface area contributed by atoms with Crippen LogP contribution in [0.25, 0.3) is 0 Å². The van der Waals surface area contributed by atoms with Crippen molar-refractivity contribution < 1.29 is 19.0 Å². The van der Waals surface area contributed by atoms with Crippen LogP contribution in [-0.2, 0) is 4.74 Å². The monoisotopic (exact) mass is 225 g/mol. The Morgan fingerprint density at radius 1 is 1.19 bits per heavy atom. The summed E-state index contributed by atoms with van der Waals surface area (Å²) in [4.78, 5) is 11.2. The molecule has 0 aromatic heterocycles. The van der Waals surface area contributed by atoms with E-state index in [4.69, 9.17) is 14.2 Å². The van der Waals surface area contributed by atoms with Gasteiger partial charge in [-0.1, -0.05) is 0 Å². The van der Waals surface area contributed by atoms with Gasteiger partial charge in [-0.2, -0.15) is 0 Å². The van der Waals surface area contributed by atoms with Gasteiger partial charge in [0, 0.05) is 18.2 Å². The molecule has 1 N–H and O–H groups in total. The summed E-state index contributed by atoms with van der Waals surface area (Å²) in [5.74, 6) is 1.21. The van der Waals surface area contributed by atoms with Crippen LogP contribution in [-0.4, -0.2) is 26.9 Å². The molecule has 0 fully saturated rings. The van der Waals surface area contributed by atoms with Crippen LogP contribution in [0, 0.1) is 0 Å². The van der Waals surface area contributed by atoms with Gasteiger partial charge in [-0.3, -0.25) is 5.32 Å². The average Bonchev–Trinajstić information content (AvgIpc) is 2.28. The molecule has 0 aliphatic carbocycles. The smallest absolute Gasteiger partial charge is 0.411 e. The first kappa shape index (κ1) is 12.2. The molecule has 0 saturated heterocycles. The lowest BCUT2D eigenvalue weighted by Gasteiger charge is -2.09. The number of amides is 1. The maximum atomic E-state index is 11.2. The number of carbonyl (C=O) groups excluding carboxylic acids is 1. The van der Waals surface area contributed by atoms with E-state index in [0.29, 0.717) is 23.8 Å². The van der Waals surface area contributed by atoms with Gasteiger partial charge < -0.3 is 14.2 Å². The Bertz CT molecular complexity index is 343. The molecule has 0 atom stereocenters. The van der Waals surface area contributed by atoms with Crippen molar-refractivity contribution in [2.24, 2.45) is 0 Å². The van der Waals surface area contributed by atoms with Crippen molar-refractivity contribution in [2.45, 2.75) is 6.92 Å². The van der Waals surface area contributed by atoms with Gasteiger partial charge >= 0.3 is 6.09 Å². The summed E-state index contributed by atoms with van der Waals surface area (Å²) in [5.41, 5.74) is 0.564. The predicted octanol–water partition coefficient (Wildman–Crippen LogP) is 2.27. The van der Waals surface area contributed by atoms with Crippen LogP contribution in [0.5, 0.6) is 11.5 Å². The molecule has 0 bridgehead atoms. The van der Waals surface area contributed by atoms with E-state index in [1.165, 1.54) is 0 Å². The van der Waals surface area contributed by atoms with Gasteiger partial charge in [0.15, 0.2) is 0 Å². The maximum absolute atomic E-state index is 11.2. The highest BCUT2D eigenvalue weighted by molar-refractivity contribution is 5.85. The summed E-state index contributed by atoms with van der Waals surface area (Å²) in [7, 11) is 3.09. The van der Waals surface area contributed by atoms with Crippen LogP contribution in [0.15, 0.2) is 18.2 Å². The minimum absolute atomic E-state index is 0.326. The molecule has 0 spiro atoms. The number of benzene rings is 1. The van der Waals surface area contributed by atoms with Gasteiger partial charge in [0.25, 0.3) is 0 Å². The summed E-state index contributed by atoms with van der Waals surface area (Å²) in [5, 5.41) is 2.57. The van der Waals surface area contributed by atoms with Gasteiger partial charge in [0.05, 0.1) is 26.5 Å². The minimum Gasteiger partial charge on any atom is -0.497 e. The number of ether oxygens (including phenoxy) is 3. The van der Waals surface area contributed by atoms with E-state index >= 15 is 0 Å². The van der Waals surface area contributed by atoms with Gasteiger partial charge in [0.2, 0.25) is 0 Å². The van der Waals surface area contributed by atoms with Crippen LogP contribution < -0.4 is 14.8 Å². The third-order valence-electron chi connectivity index (χ3n) is 1.87. The van der Waals surface area contributed by atoms with E-state index in [0.717, 1.165) is 0 Å². The third kappa shape index (κ3) is 3.34. The molecule has 0 aliphatic rings. The van der Waals surface area contributed by atoms with Crippen molar-refractivity contribution in [2.75, 3.05) is 26.1 Å². The zero-order valence-electron chi connectivity index (χ0n) is 9.57. The number of anilines is 1. The Morgan fingerprint density at radius 2 is 1.75 bits per heavy atom. The SMILES string of the molecule is CCOC(=O)Nc1cc(OC)cc(OC)c1. The third-order valence-corrected chi connectivity index (χ3v) is 1.87. The largest absolute Gasteiger partial charge is 0.497 e. The van der Waals surface area contributed by atoms with Crippen molar-refractivity contribution in [3.8, 4) is 11.5 Å². The second-order valence-corrected chi connectivity index (χ2v) is 2.95. The Kier molecular flexibility index (Phi) is 4.44. The fraction of sp³-hybridized carbons (Fsp3) is 0.364. The van der Waals surface area contributed by atoms with E-state index in [1.807, 2.05) is 0 Å². The second kappa shape index (κ2) is 5.85. The molecule has 0 heterocycles. The first-order valence-electron chi connectivity index (χ1n) is 4.86. The molecule has 0 aliphatic heterocycles. The van der Waals surface area contributed by atoms with E-state index in [2.05, 4.69) is 5.32 Å². The topological polar surface area (TPSA) is 56.8 Å². The lowest BCUT2D eigenvalue weighted by Crippen LogP contribution is -2.13. The van der Waals surface area contributed by atoms with Crippen molar-refractivity contribution in [1.82, 2.24) is 0 Å². The van der Waals surface area contributed by atoms with Gasteiger partial charge in [0.1, 0.15) is 11.5 Å². The highest BCUT2D eigenvalue weighted by atomic mass is 16.5. The van der Waals surface area contributed by atoms with Crippen molar-refractivity contribution in [1.29, 1.82) is 0 Å². The normalized spacial score (nSPS) is 9.44. The van der Waals surface area contributed by atoms with Crippen LogP contribution in [0.3, 0.4) is 0 Å². The Balaban J connectivity index is 2.82. The zero-order valence-corrected chi connectivity index (χ0v) is 9.57. The Hall–Kier alpha value is -1.91. The fourth-order valence-electron chi connectivity index (χ4n) is 1.16. The number of nitrogens with one attached hydrogen (secondary N) is 1. The molecule has 5 nitrogen and oxygen atoms in total. The number of hydrogen-bond donors (Lipinski definition) is 1. The molecule has 1 amide bonds. The molecule has 16 heavy (non-hydrogen) atoms. The fourth-order valence-corrected chi connectivity index (χ4v) is 1.16. The lowest BCUT2D eigenvalue weighted by molar-refractivity contribution is 0.168. The van der Waals surface area contributed by atoms with Crippen LogP contribution in [0.2, 0.25) is 0 Å². The van der Waals surface area contributed by atoms with Crippen LogP contribution >= 0.6 is 0 Å². The predicted molar refractivity (Wildman–Crippen MR) is 60.2 cm³/mol. The van der Waals surface area contributed by atoms with E-state index in [9.17, 15) is 4.79 Å². The summed E-state index contributed by atoms with van der Waals surface area (Å²) in [6.45, 7) is 2.07. The van der Waals surface area contributed by atoms with Crippen LogP contribution in [0.1, 0.15) is 6.92 Å². The first-order valence-corrected chi connectivity index (χ1v) is 4.86. The number of hydrogen-bond acceptors (Lipinski definition) is 4. The van der Waals surface area contributed by atoms with Crippen molar-refractivity contribution in [3.63, 3.8) is 0 Å². The summed E-state index contributed by atoms with van der Waals surface area (Å²) < 4.78 is 14.9. The highest BCUT2D eigenvalue weighted by Crippen LogP contribution is 2.25. The lowest BCUT2D eigenvalue weighted by atomic mass is 10.3. The molecule has 1 rings (SSSR count). The van der Waals surface area contributed by atoms with Crippen molar-refractivity contribution >= 4 is 11.8 Å². The molecular weight excluding hydrogens is 210 g/mol. The van der Waals surface area contributed by atoms with Gasteiger partial charge in [-0.15, -0.1) is 0 Å². The number of rotatable bonds is 4. The van der Waals surface area contributed by atoms with Crippen molar-refractivity contribution in [3.05, 3.63) is 18.2 Å². The highest BCUT2D eigenvalue weighted by Gasteiger charge is 2.05. The molecule has 0 radical (unpaired) electrons. The molecule has 0 saturated carbocycles. The molecular formula is C11H15NO4. The minimum atomic E-state index is -0.502. The summed E-state index contributed by atoms with van der Waals surface area (Å²) in [6, 6.07) is 5.08. The zero-order chi connectivity index (χ0) is 12.0. The van der Waals surface area contributed by atoms with Crippen LogP contribution in [0.4, 0.5) is 10.5 Å². The molecule has 5 heteroatoms. The van der Waals surface area contributed by atoms with Gasteiger partial charge in [-0.05, 0) is 6.92 Å². The Labute approximate surface area is 94.3 Å². The van der Waals surface area contributed by atoms with E-state index in [1.54, 1.807) is 39.3 Å². The standard InChI is InChI=1S/C11H15NO4/c1-4-16-11(13)12-8-5-9(14-2)7-10(6-8)15-3/h5-7H,4H2,1-3H3,(H,12,13). The molecule has 1 aromatic carbocycles. The van der Waals surface area contributed by atoms with E-state index in [-0.39, 0.29) is 0 Å². The van der Waals surface area contributed by atoms with E-state index < -0.39 is 6.09 Å². The summed E-state index contributed by atoms with van der Waals surface area (Å²) >= 11 is 0. The maximum Gasteiger partial charge on any atom is 0.411 e. The quantitative estimate of drug-likeness (QED) is 0.854. The average molecular weight is 225 g/mol. The first-order chi connectivity index (χ1) is 7.69. The molecule has 1 aromatic rings. The Morgan fingerprint density at radius 3 is 2.19 bits per heavy atom. The molecule has 0 unspecified atom stereocenters. The van der Waals surface area contributed by atoms with Gasteiger partial charge in [-0.25, -0.2) is 4.79 Å². The molecule has 88 valence electrons. The number of methoxy groups -OCH3 is 2. The summed E-state index contributed by atoms with van der Waals surface area (Å²) in [6.07, 6.45) is -0.502.